The third kappa shape index (κ3) is 5.28. The van der Waals surface area contributed by atoms with E-state index in [1.807, 2.05) is 32.1 Å². The predicted octanol–water partition coefficient (Wildman–Crippen LogP) is 7.98. The average molecular weight is 669 g/mol. The van der Waals surface area contributed by atoms with Crippen molar-refractivity contribution in [2.75, 3.05) is 7.11 Å². The molecular weight excluding hydrogens is 628 g/mol. The van der Waals surface area contributed by atoms with Crippen molar-refractivity contribution >= 4 is 29.1 Å². The molecule has 6 aliphatic rings. The van der Waals surface area contributed by atoms with Gasteiger partial charge in [0.25, 0.3) is 0 Å². The second-order valence-corrected chi connectivity index (χ2v) is 13.2. The highest BCUT2D eigenvalue weighted by molar-refractivity contribution is 6.21. The van der Waals surface area contributed by atoms with Gasteiger partial charge in [-0.05, 0) is 80.2 Å². The fraction of sp³-hybridized carbons (Fsp3) is 0.293. The lowest BCUT2D eigenvalue weighted by Gasteiger charge is -2.18. The Labute approximate surface area is 292 Å². The number of fused-ring (bicyclic) bond motifs is 5. The van der Waals surface area contributed by atoms with Crippen molar-refractivity contribution in [3.63, 3.8) is 0 Å². The fourth-order valence-corrected chi connectivity index (χ4v) is 7.70. The highest BCUT2D eigenvalue weighted by Gasteiger charge is 2.43. The zero-order valence-corrected chi connectivity index (χ0v) is 29.2. The Morgan fingerprint density at radius 2 is 1.76 bits per heavy atom. The number of nitrogens with zero attached hydrogens (tertiary/aromatic N) is 3. The molecule has 5 aliphatic heterocycles. The van der Waals surface area contributed by atoms with Crippen molar-refractivity contribution in [1.82, 2.24) is 5.32 Å². The standard InChI is InChI=1S/C41H40N4O5/c1-8-25-20(3)29-18-32-26(9-2)21(4)36(44-32)40(50-41(48)24-13-11-10-12-14-24)37-22(5)27(15-16-34(47)49-7)38(45-37)28-17-33(46)35-23(6)30(43-39(28)35)19-31(25)42-29/h9-14,18-19,22,27,45-46H,2,8,15-17H2,1,3-7H3/t22-,27-/m0/s1. The van der Waals surface area contributed by atoms with E-state index in [2.05, 4.69) is 32.7 Å². The minimum atomic E-state index is -0.523. The van der Waals surface area contributed by atoms with Crippen LogP contribution < -0.4 is 5.32 Å². The Balaban J connectivity index is 1.51. The molecule has 1 fully saturated rings. The zero-order valence-electron chi connectivity index (χ0n) is 29.2. The van der Waals surface area contributed by atoms with Crippen LogP contribution in [0.15, 0.2) is 149 Å². The first-order chi connectivity index (χ1) is 24.1. The first kappa shape index (κ1) is 33.0. The number of carbonyl (C=O) groups excluding carboxylic acids is 2. The first-order valence-corrected chi connectivity index (χ1v) is 17.0. The summed E-state index contributed by atoms with van der Waals surface area (Å²) < 4.78 is 11.4. The molecule has 0 spiro atoms. The first-order valence-electron chi connectivity index (χ1n) is 17.0. The van der Waals surface area contributed by atoms with E-state index in [9.17, 15) is 14.7 Å². The molecule has 5 heterocycles. The second kappa shape index (κ2) is 12.7. The van der Waals surface area contributed by atoms with Gasteiger partial charge in [0.15, 0.2) is 5.76 Å². The van der Waals surface area contributed by atoms with Gasteiger partial charge in [0.2, 0.25) is 0 Å². The quantitative estimate of drug-likeness (QED) is 0.284. The van der Waals surface area contributed by atoms with Gasteiger partial charge in [-0.25, -0.2) is 19.8 Å². The van der Waals surface area contributed by atoms with Gasteiger partial charge in [-0.1, -0.05) is 44.7 Å². The van der Waals surface area contributed by atoms with Crippen LogP contribution in [-0.2, 0) is 14.3 Å². The average Bonchev–Trinajstić information content (AvgIpc) is 3.87. The third-order valence-corrected chi connectivity index (χ3v) is 10.5. The lowest BCUT2D eigenvalue weighted by Crippen LogP contribution is -2.20. The summed E-state index contributed by atoms with van der Waals surface area (Å²) in [5.74, 6) is -0.753. The van der Waals surface area contributed by atoms with E-state index in [4.69, 9.17) is 24.5 Å². The van der Waals surface area contributed by atoms with Gasteiger partial charge in [0, 0.05) is 47.1 Å². The number of rotatable bonds is 7. The normalized spacial score (nSPS) is 22.6. The number of allylic oxidation sites excluding steroid dienone is 11. The van der Waals surface area contributed by atoms with Crippen LogP contribution in [-0.4, -0.2) is 41.3 Å². The van der Waals surface area contributed by atoms with E-state index < -0.39 is 5.97 Å². The van der Waals surface area contributed by atoms with E-state index in [1.54, 1.807) is 30.3 Å². The molecule has 9 heteroatoms. The van der Waals surface area contributed by atoms with Crippen LogP contribution in [0.3, 0.4) is 0 Å². The topological polar surface area (TPSA) is 122 Å². The van der Waals surface area contributed by atoms with Crippen molar-refractivity contribution in [1.29, 1.82) is 0 Å². The minimum absolute atomic E-state index is 0.183. The summed E-state index contributed by atoms with van der Waals surface area (Å²) in [6, 6.07) is 8.85. The molecule has 1 aromatic rings. The molecule has 0 saturated carbocycles. The molecule has 0 unspecified atom stereocenters. The Morgan fingerprint density at radius 1 is 1.00 bits per heavy atom. The number of aliphatic imine (C=N–C) groups is 3. The highest BCUT2D eigenvalue weighted by Crippen LogP contribution is 2.47. The highest BCUT2D eigenvalue weighted by atomic mass is 16.5. The molecule has 254 valence electrons. The Kier molecular flexibility index (Phi) is 8.38. The van der Waals surface area contributed by atoms with Crippen molar-refractivity contribution in [3.05, 3.63) is 140 Å². The smallest absolute Gasteiger partial charge is 0.343 e. The summed E-state index contributed by atoms with van der Waals surface area (Å²) in [5.41, 5.74) is 12.3. The van der Waals surface area contributed by atoms with E-state index in [1.165, 1.54) is 7.11 Å². The van der Waals surface area contributed by atoms with E-state index in [0.29, 0.717) is 40.6 Å². The number of methoxy groups -OCH3 is 1. The zero-order chi connectivity index (χ0) is 35.4. The van der Waals surface area contributed by atoms with Crippen molar-refractivity contribution < 1.29 is 24.2 Å². The summed E-state index contributed by atoms with van der Waals surface area (Å²) in [6.45, 7) is 14.3. The number of esters is 2. The number of hydrogen-bond donors (Lipinski definition) is 2. The van der Waals surface area contributed by atoms with Gasteiger partial charge in [0.1, 0.15) is 11.5 Å². The van der Waals surface area contributed by atoms with Crippen molar-refractivity contribution in [3.8, 4) is 0 Å². The van der Waals surface area contributed by atoms with E-state index in [0.717, 1.165) is 68.2 Å². The SMILES string of the molecule is C=CC1=C(C)C2=NC1=CC1=NC(=CC3=C(C)C4=C(O)CC(=C5NC(=C2OC(=O)c2ccccc2)[C@@H](C)[C@@H]5CCC(=O)OC)C4=N3)C(CC)=C1C. The van der Waals surface area contributed by atoms with Gasteiger partial charge >= 0.3 is 11.9 Å². The summed E-state index contributed by atoms with van der Waals surface area (Å²) in [5, 5.41) is 15.1. The van der Waals surface area contributed by atoms with Gasteiger partial charge in [0.05, 0.1) is 46.9 Å². The molecule has 0 radical (unpaired) electrons. The van der Waals surface area contributed by atoms with Crippen LogP contribution in [0.2, 0.25) is 0 Å². The minimum Gasteiger partial charge on any atom is -0.511 e. The maximum atomic E-state index is 13.8. The van der Waals surface area contributed by atoms with E-state index in [-0.39, 0.29) is 36.4 Å². The molecule has 50 heavy (non-hydrogen) atoms. The van der Waals surface area contributed by atoms with Crippen LogP contribution in [0.1, 0.15) is 70.7 Å². The molecule has 8 bridgehead atoms. The predicted molar refractivity (Wildman–Crippen MR) is 194 cm³/mol. The molecule has 1 aromatic carbocycles. The van der Waals surface area contributed by atoms with Crippen molar-refractivity contribution in [2.24, 2.45) is 26.8 Å². The monoisotopic (exact) mass is 668 g/mol. The Morgan fingerprint density at radius 3 is 2.46 bits per heavy atom. The van der Waals surface area contributed by atoms with Crippen LogP contribution in [0.5, 0.6) is 0 Å². The largest absolute Gasteiger partial charge is 0.511 e. The summed E-state index contributed by atoms with van der Waals surface area (Å²) in [7, 11) is 1.38. The van der Waals surface area contributed by atoms with Crippen LogP contribution >= 0.6 is 0 Å². The summed E-state index contributed by atoms with van der Waals surface area (Å²) in [4.78, 5) is 41.6. The Bertz CT molecular complexity index is 2140. The molecule has 0 aromatic heterocycles. The molecule has 2 atom stereocenters. The number of nitrogens with one attached hydrogen (secondary N) is 1. The number of aliphatic hydroxyl groups excluding tert-OH is 1. The number of benzene rings is 1. The van der Waals surface area contributed by atoms with E-state index >= 15 is 0 Å². The third-order valence-electron chi connectivity index (χ3n) is 10.5. The molecular formula is C41H40N4O5. The maximum Gasteiger partial charge on any atom is 0.343 e. The molecule has 1 aliphatic carbocycles. The Hall–Kier alpha value is -5.57. The second-order valence-electron chi connectivity index (χ2n) is 13.2. The number of aliphatic hydroxyl groups is 1. The van der Waals surface area contributed by atoms with Gasteiger partial charge in [-0.2, -0.15) is 0 Å². The van der Waals surface area contributed by atoms with Gasteiger partial charge < -0.3 is 19.9 Å². The molecule has 9 nitrogen and oxygen atoms in total. The lowest BCUT2D eigenvalue weighted by molar-refractivity contribution is -0.140. The van der Waals surface area contributed by atoms with Gasteiger partial charge in [-0.3, -0.25) is 4.79 Å². The van der Waals surface area contributed by atoms with Crippen LogP contribution in [0.4, 0.5) is 0 Å². The molecule has 7 rings (SSSR count). The lowest BCUT2D eigenvalue weighted by atomic mass is 9.86. The molecule has 1 saturated heterocycles. The number of hydrogen-bond acceptors (Lipinski definition) is 9. The van der Waals surface area contributed by atoms with Crippen molar-refractivity contribution in [2.45, 2.75) is 60.3 Å². The number of ether oxygens (including phenoxy) is 2. The fourth-order valence-electron chi connectivity index (χ4n) is 7.70. The van der Waals surface area contributed by atoms with Gasteiger partial charge in [-0.15, -0.1) is 0 Å². The summed E-state index contributed by atoms with van der Waals surface area (Å²) in [6.07, 6.45) is 7.44. The van der Waals surface area contributed by atoms with Crippen LogP contribution in [0, 0.1) is 11.8 Å². The summed E-state index contributed by atoms with van der Waals surface area (Å²) >= 11 is 0. The van der Waals surface area contributed by atoms with Crippen LogP contribution in [0.25, 0.3) is 0 Å². The maximum absolute atomic E-state index is 13.8. The molecule has 0 amide bonds. The molecule has 2 N–H and O–H groups in total. The number of carbonyl (C=O) groups is 2.